The summed E-state index contributed by atoms with van der Waals surface area (Å²) in [6.07, 6.45) is 0.929. The predicted molar refractivity (Wildman–Crippen MR) is 150 cm³/mol. The highest BCUT2D eigenvalue weighted by molar-refractivity contribution is 5.96. The first-order chi connectivity index (χ1) is 19.3. The number of hydrogen-bond donors (Lipinski definition) is 10. The number of aliphatic carboxylic acids is 1. The van der Waals surface area contributed by atoms with E-state index in [1.807, 2.05) is 0 Å². The van der Waals surface area contributed by atoms with Crippen molar-refractivity contribution in [3.8, 4) is 5.75 Å². The van der Waals surface area contributed by atoms with Crippen molar-refractivity contribution in [3.05, 3.63) is 29.8 Å². The molecule has 0 aromatic heterocycles. The first-order valence-corrected chi connectivity index (χ1v) is 13.0. The number of hydrogen-bond acceptors (Lipinski definition) is 9. The largest absolute Gasteiger partial charge is 0.508 e. The summed E-state index contributed by atoms with van der Waals surface area (Å²) < 4.78 is 0. The molecule has 4 unspecified atom stereocenters. The van der Waals surface area contributed by atoms with Crippen molar-refractivity contribution < 1.29 is 34.2 Å². The van der Waals surface area contributed by atoms with E-state index in [9.17, 15) is 34.2 Å². The Hall–Kier alpha value is -4.44. The second kappa shape index (κ2) is 18.0. The molecule has 0 aliphatic rings. The second-order valence-electron chi connectivity index (χ2n) is 9.40. The third kappa shape index (κ3) is 14.0. The molecule has 0 aliphatic heterocycles. The number of benzene rings is 1. The van der Waals surface area contributed by atoms with Crippen LogP contribution in [0.1, 0.15) is 44.1 Å². The SMILES string of the molecule is NCCCCC(NC(=O)C(CC(N)=O)NC(=O)C(Cc1ccc(O)cc1)NC(=O)C(N)CCCN=C(N)N)C(=O)O. The Morgan fingerprint density at radius 3 is 1.95 bits per heavy atom. The number of carboxylic acid groups (broad SMARTS) is 1. The molecule has 4 atom stereocenters. The van der Waals surface area contributed by atoms with Gasteiger partial charge in [-0.25, -0.2) is 4.79 Å². The summed E-state index contributed by atoms with van der Waals surface area (Å²) in [6, 6.07) is 0.748. The van der Waals surface area contributed by atoms with Gasteiger partial charge in [-0.15, -0.1) is 0 Å². The monoisotopic (exact) mass is 579 g/mol. The van der Waals surface area contributed by atoms with E-state index in [4.69, 9.17) is 28.7 Å². The molecule has 0 spiro atoms. The lowest BCUT2D eigenvalue weighted by Crippen LogP contribution is -2.58. The van der Waals surface area contributed by atoms with E-state index in [2.05, 4.69) is 20.9 Å². The third-order valence-corrected chi connectivity index (χ3v) is 5.91. The number of nitrogens with one attached hydrogen (secondary N) is 3. The minimum atomic E-state index is -1.52. The van der Waals surface area contributed by atoms with E-state index in [1.54, 1.807) is 0 Å². The molecule has 1 rings (SSSR count). The lowest BCUT2D eigenvalue weighted by Gasteiger charge is -2.25. The highest BCUT2D eigenvalue weighted by atomic mass is 16.4. The van der Waals surface area contributed by atoms with Crippen LogP contribution in [0.4, 0.5) is 0 Å². The number of carbonyl (C=O) groups excluding carboxylic acids is 4. The summed E-state index contributed by atoms with van der Waals surface area (Å²) in [5, 5.41) is 26.3. The zero-order valence-electron chi connectivity index (χ0n) is 22.8. The smallest absolute Gasteiger partial charge is 0.326 e. The number of aromatic hydroxyl groups is 1. The van der Waals surface area contributed by atoms with Crippen molar-refractivity contribution in [2.45, 2.75) is 69.1 Å². The molecule has 0 fully saturated rings. The van der Waals surface area contributed by atoms with E-state index in [1.165, 1.54) is 24.3 Å². The number of carbonyl (C=O) groups is 5. The minimum absolute atomic E-state index is 0.0146. The fourth-order valence-electron chi connectivity index (χ4n) is 3.71. The Labute approximate surface area is 237 Å². The predicted octanol–water partition coefficient (Wildman–Crippen LogP) is -3.14. The van der Waals surface area contributed by atoms with Gasteiger partial charge in [0.05, 0.1) is 12.5 Å². The number of unbranched alkanes of at least 4 members (excludes halogenated alkanes) is 1. The molecule has 0 saturated carbocycles. The molecular formula is C25H41N9O7. The first-order valence-electron chi connectivity index (χ1n) is 13.0. The van der Waals surface area contributed by atoms with Gasteiger partial charge in [0, 0.05) is 13.0 Å². The Bertz CT molecular complexity index is 1060. The maximum absolute atomic E-state index is 13.3. The zero-order valence-corrected chi connectivity index (χ0v) is 22.8. The van der Waals surface area contributed by atoms with Crippen LogP contribution in [-0.4, -0.2) is 83.0 Å². The van der Waals surface area contributed by atoms with Crippen molar-refractivity contribution in [1.29, 1.82) is 0 Å². The van der Waals surface area contributed by atoms with Crippen molar-refractivity contribution in [2.75, 3.05) is 13.1 Å². The van der Waals surface area contributed by atoms with E-state index in [0.717, 1.165) is 0 Å². The van der Waals surface area contributed by atoms with Gasteiger partial charge < -0.3 is 54.8 Å². The van der Waals surface area contributed by atoms with Crippen LogP contribution in [-0.2, 0) is 30.4 Å². The first kappa shape index (κ1) is 34.6. The van der Waals surface area contributed by atoms with E-state index in [-0.39, 0.29) is 37.5 Å². The van der Waals surface area contributed by atoms with Gasteiger partial charge in [0.1, 0.15) is 23.9 Å². The summed E-state index contributed by atoms with van der Waals surface area (Å²) in [7, 11) is 0. The normalized spacial score (nSPS) is 13.6. The quantitative estimate of drug-likeness (QED) is 0.0443. The van der Waals surface area contributed by atoms with Crippen LogP contribution in [0.2, 0.25) is 0 Å². The lowest BCUT2D eigenvalue weighted by molar-refractivity contribution is -0.142. The van der Waals surface area contributed by atoms with Gasteiger partial charge in [-0.3, -0.25) is 24.2 Å². The molecule has 15 N–H and O–H groups in total. The number of nitrogens with zero attached hydrogens (tertiary/aromatic N) is 1. The molecule has 1 aromatic carbocycles. The van der Waals surface area contributed by atoms with Crippen molar-refractivity contribution in [2.24, 2.45) is 33.7 Å². The van der Waals surface area contributed by atoms with Gasteiger partial charge in [-0.05, 0) is 56.3 Å². The minimum Gasteiger partial charge on any atom is -0.508 e. The van der Waals surface area contributed by atoms with Crippen molar-refractivity contribution in [3.63, 3.8) is 0 Å². The number of amides is 4. The summed E-state index contributed by atoms with van der Waals surface area (Å²) in [5.41, 5.74) is 27.8. The number of carboxylic acids is 1. The Morgan fingerprint density at radius 1 is 0.805 bits per heavy atom. The molecule has 41 heavy (non-hydrogen) atoms. The van der Waals surface area contributed by atoms with Gasteiger partial charge in [-0.1, -0.05) is 12.1 Å². The summed E-state index contributed by atoms with van der Waals surface area (Å²) in [4.78, 5) is 66.2. The molecule has 16 nitrogen and oxygen atoms in total. The van der Waals surface area contributed by atoms with Gasteiger partial charge in [0.25, 0.3) is 0 Å². The maximum Gasteiger partial charge on any atom is 0.326 e. The van der Waals surface area contributed by atoms with Crippen LogP contribution < -0.4 is 44.6 Å². The molecule has 0 aliphatic carbocycles. The molecule has 0 heterocycles. The number of guanidine groups is 1. The molecular weight excluding hydrogens is 538 g/mol. The van der Waals surface area contributed by atoms with Crippen LogP contribution >= 0.6 is 0 Å². The average molecular weight is 580 g/mol. The van der Waals surface area contributed by atoms with Crippen LogP contribution in [0, 0.1) is 0 Å². The topological polar surface area (TPSA) is 304 Å². The van der Waals surface area contributed by atoms with Crippen molar-refractivity contribution >= 4 is 35.6 Å². The maximum atomic E-state index is 13.3. The standard InChI is InChI=1S/C25H41N9O7/c26-10-2-1-5-17(24(40)41)32-23(39)19(13-20(28)36)34-22(38)18(12-14-6-8-15(35)9-7-14)33-21(37)16(27)4-3-11-31-25(29)30/h6-9,16-19,35H,1-5,10-13,26-27H2,(H2,28,36)(H,32,39)(H,33,37)(H,34,38)(H,40,41)(H4,29,30,31). The molecule has 1 aromatic rings. The molecule has 4 amide bonds. The van der Waals surface area contributed by atoms with Gasteiger partial charge >= 0.3 is 5.97 Å². The third-order valence-electron chi connectivity index (χ3n) is 5.91. The van der Waals surface area contributed by atoms with E-state index >= 15 is 0 Å². The summed E-state index contributed by atoms with van der Waals surface area (Å²) in [5.74, 6) is -4.81. The molecule has 0 saturated heterocycles. The zero-order chi connectivity index (χ0) is 30.9. The lowest BCUT2D eigenvalue weighted by atomic mass is 10.0. The molecule has 0 radical (unpaired) electrons. The summed E-state index contributed by atoms with van der Waals surface area (Å²) >= 11 is 0. The highest BCUT2D eigenvalue weighted by Crippen LogP contribution is 2.12. The average Bonchev–Trinajstić information content (AvgIpc) is 2.90. The number of phenols is 1. The number of aliphatic imine (C=N–C) groups is 1. The van der Waals surface area contributed by atoms with Crippen LogP contribution in [0.25, 0.3) is 0 Å². The van der Waals surface area contributed by atoms with Crippen LogP contribution in [0.3, 0.4) is 0 Å². The Balaban J connectivity index is 3.08. The molecule has 228 valence electrons. The van der Waals surface area contributed by atoms with Gasteiger partial charge in [0.15, 0.2) is 5.96 Å². The molecule has 16 heteroatoms. The highest BCUT2D eigenvalue weighted by Gasteiger charge is 2.31. The van der Waals surface area contributed by atoms with E-state index in [0.29, 0.717) is 31.4 Å². The fraction of sp³-hybridized carbons (Fsp3) is 0.520. The fourth-order valence-corrected chi connectivity index (χ4v) is 3.71. The van der Waals surface area contributed by atoms with Gasteiger partial charge in [-0.2, -0.15) is 0 Å². The molecule has 0 bridgehead atoms. The number of rotatable bonds is 19. The number of phenolic OH excluding ortho intramolecular Hbond substituents is 1. The summed E-state index contributed by atoms with van der Waals surface area (Å²) in [6.45, 7) is 0.586. The number of primary amides is 1. The Kier molecular flexibility index (Phi) is 15.2. The van der Waals surface area contributed by atoms with Crippen LogP contribution in [0.5, 0.6) is 5.75 Å². The van der Waals surface area contributed by atoms with Crippen molar-refractivity contribution in [1.82, 2.24) is 16.0 Å². The second-order valence-corrected chi connectivity index (χ2v) is 9.40. The number of nitrogens with two attached hydrogens (primary N) is 5. The Morgan fingerprint density at radius 2 is 1.39 bits per heavy atom. The van der Waals surface area contributed by atoms with E-state index < -0.39 is 60.2 Å². The van der Waals surface area contributed by atoms with Gasteiger partial charge in [0.2, 0.25) is 23.6 Å². The van der Waals surface area contributed by atoms with Crippen LogP contribution in [0.15, 0.2) is 29.3 Å².